The molecule has 7 nitrogen and oxygen atoms in total. The summed E-state index contributed by atoms with van der Waals surface area (Å²) in [5.41, 5.74) is 2.27. The normalized spacial score (nSPS) is 33.1. The molecule has 0 spiro atoms. The van der Waals surface area contributed by atoms with Crippen LogP contribution in [-0.2, 0) is 25.7 Å². The maximum absolute atomic E-state index is 13.4. The summed E-state index contributed by atoms with van der Waals surface area (Å²) >= 11 is 0. The van der Waals surface area contributed by atoms with Crippen LogP contribution in [0.5, 0.6) is 5.75 Å². The van der Waals surface area contributed by atoms with Crippen molar-refractivity contribution in [2.45, 2.75) is 26.3 Å². The van der Waals surface area contributed by atoms with Gasteiger partial charge in [0.2, 0.25) is 17.7 Å². The number of aryl methyl sites for hydroxylation is 1. The lowest BCUT2D eigenvalue weighted by molar-refractivity contribution is -0.139. The largest absolute Gasteiger partial charge is 0.426 e. The topological polar surface area (TPSA) is 84.0 Å². The van der Waals surface area contributed by atoms with Crippen LogP contribution in [0.4, 0.5) is 5.69 Å². The monoisotopic (exact) mass is 496 g/mol. The molecule has 4 aliphatic carbocycles. The van der Waals surface area contributed by atoms with Crippen LogP contribution in [0, 0.1) is 48.3 Å². The second kappa shape index (κ2) is 8.13. The van der Waals surface area contributed by atoms with E-state index in [9.17, 15) is 19.2 Å². The predicted molar refractivity (Wildman–Crippen MR) is 134 cm³/mol. The first-order chi connectivity index (χ1) is 17.9. The molecule has 2 heterocycles. The zero-order valence-corrected chi connectivity index (χ0v) is 20.6. The number of carbonyl (C=O) groups is 4. The van der Waals surface area contributed by atoms with Gasteiger partial charge in [-0.15, -0.1) is 0 Å². The fraction of sp³-hybridized carbons (Fsp3) is 0.400. The molecule has 4 fully saturated rings. The Morgan fingerprint density at radius 1 is 0.946 bits per heavy atom. The van der Waals surface area contributed by atoms with E-state index in [0.29, 0.717) is 41.9 Å². The number of amides is 3. The molecule has 2 saturated heterocycles. The number of ether oxygens (including phenoxy) is 1. The van der Waals surface area contributed by atoms with Gasteiger partial charge in [-0.25, -0.2) is 4.90 Å². The summed E-state index contributed by atoms with van der Waals surface area (Å²) in [6, 6.07) is 14.7. The van der Waals surface area contributed by atoms with Crippen LogP contribution in [0.3, 0.4) is 0 Å². The number of nitrogens with zero attached hydrogens (tertiary/aromatic N) is 2. The number of carbonyl (C=O) groups excluding carboxylic acids is 4. The third-order valence-corrected chi connectivity index (χ3v) is 9.05. The van der Waals surface area contributed by atoms with Crippen molar-refractivity contribution < 1.29 is 23.9 Å². The van der Waals surface area contributed by atoms with Crippen molar-refractivity contribution in [2.24, 2.45) is 41.4 Å². The second-order valence-electron chi connectivity index (χ2n) is 11.2. The fourth-order valence-electron chi connectivity index (χ4n) is 7.22. The van der Waals surface area contributed by atoms with Gasteiger partial charge in [-0.05, 0) is 66.3 Å². The molecule has 8 rings (SSSR count). The van der Waals surface area contributed by atoms with Gasteiger partial charge in [-0.2, -0.15) is 0 Å². The van der Waals surface area contributed by atoms with E-state index in [4.69, 9.17) is 4.74 Å². The van der Waals surface area contributed by atoms with E-state index in [-0.39, 0.29) is 47.8 Å². The lowest BCUT2D eigenvalue weighted by Crippen LogP contribution is -2.40. The predicted octanol–water partition coefficient (Wildman–Crippen LogP) is 3.51. The van der Waals surface area contributed by atoms with Gasteiger partial charge in [0, 0.05) is 19.5 Å². The molecule has 2 aromatic carbocycles. The van der Waals surface area contributed by atoms with E-state index in [0.717, 1.165) is 12.0 Å². The van der Waals surface area contributed by atoms with Crippen molar-refractivity contribution in [2.75, 3.05) is 11.4 Å². The zero-order chi connectivity index (χ0) is 25.4. The third-order valence-electron chi connectivity index (χ3n) is 9.05. The Morgan fingerprint density at radius 2 is 1.62 bits per heavy atom. The van der Waals surface area contributed by atoms with Crippen molar-refractivity contribution in [3.05, 3.63) is 71.8 Å². The highest BCUT2D eigenvalue weighted by Gasteiger charge is 2.67. The zero-order valence-electron chi connectivity index (χ0n) is 20.6. The Hall–Kier alpha value is -3.74. The SMILES string of the molecule is Cc1cc(OC(=O)[C@@H]2CC(=O)N(Cc3ccccc3)C2)ccc1N1C(=O)[C@@H]2[C@H]3C=C[C@@H]([C@@H]4C[C@@H]34)[C@@H]2C1=O. The molecule has 0 unspecified atom stereocenters. The number of hydrogen-bond acceptors (Lipinski definition) is 5. The first-order valence-electron chi connectivity index (χ1n) is 13.1. The van der Waals surface area contributed by atoms with Crippen LogP contribution >= 0.6 is 0 Å². The van der Waals surface area contributed by atoms with Gasteiger partial charge in [0.25, 0.3) is 0 Å². The molecule has 37 heavy (non-hydrogen) atoms. The molecular weight excluding hydrogens is 468 g/mol. The highest BCUT2D eigenvalue weighted by Crippen LogP contribution is 2.65. The van der Waals surface area contributed by atoms with Crippen LogP contribution in [0.25, 0.3) is 0 Å². The summed E-state index contributed by atoms with van der Waals surface area (Å²) in [5.74, 6) is 0.0761. The molecular formula is C30H28N2O5. The average molecular weight is 497 g/mol. The molecule has 2 bridgehead atoms. The Morgan fingerprint density at radius 3 is 2.27 bits per heavy atom. The van der Waals surface area contributed by atoms with Crippen LogP contribution < -0.4 is 9.64 Å². The standard InChI is InChI=1S/C30H28N2O5/c1-16-11-19(37-30(36)18-12-25(33)31(15-18)14-17-5-3-2-4-6-17)7-10-24(16)32-28(34)26-20-8-9-21(23-13-22(20)23)27(26)29(32)35/h2-11,18,20-23,26-27H,12-15H2,1H3/t18-,20+,21+,22+,23+,26-,27+/m1/s1. The van der Waals surface area contributed by atoms with Gasteiger partial charge in [-0.3, -0.25) is 19.2 Å². The molecule has 6 aliphatic rings. The summed E-state index contributed by atoms with van der Waals surface area (Å²) < 4.78 is 5.64. The van der Waals surface area contributed by atoms with E-state index < -0.39 is 11.9 Å². The molecule has 3 amide bonds. The summed E-state index contributed by atoms with van der Waals surface area (Å²) in [6.45, 7) is 2.61. The van der Waals surface area contributed by atoms with E-state index >= 15 is 0 Å². The van der Waals surface area contributed by atoms with Crippen molar-refractivity contribution in [3.8, 4) is 5.75 Å². The molecule has 2 aromatic rings. The Labute approximate surface area is 215 Å². The minimum atomic E-state index is -0.532. The number of anilines is 1. The van der Waals surface area contributed by atoms with Crippen molar-refractivity contribution in [1.29, 1.82) is 0 Å². The van der Waals surface area contributed by atoms with Crippen LogP contribution in [-0.4, -0.2) is 35.1 Å². The number of allylic oxidation sites excluding steroid dienone is 2. The van der Waals surface area contributed by atoms with Crippen molar-refractivity contribution in [1.82, 2.24) is 4.90 Å². The molecule has 188 valence electrons. The summed E-state index contributed by atoms with van der Waals surface area (Å²) in [5, 5.41) is 0. The molecule has 0 aromatic heterocycles. The molecule has 0 N–H and O–H groups in total. The van der Waals surface area contributed by atoms with Gasteiger partial charge in [0.05, 0.1) is 23.4 Å². The van der Waals surface area contributed by atoms with Gasteiger partial charge in [-0.1, -0.05) is 42.5 Å². The molecule has 7 heteroatoms. The van der Waals surface area contributed by atoms with Gasteiger partial charge >= 0.3 is 5.97 Å². The Kier molecular flexibility index (Phi) is 4.94. The fourth-order valence-corrected chi connectivity index (χ4v) is 7.22. The van der Waals surface area contributed by atoms with Crippen LogP contribution in [0.2, 0.25) is 0 Å². The van der Waals surface area contributed by atoms with Gasteiger partial charge in [0.1, 0.15) is 5.75 Å². The van der Waals surface area contributed by atoms with Gasteiger partial charge < -0.3 is 9.64 Å². The van der Waals surface area contributed by atoms with E-state index in [1.807, 2.05) is 37.3 Å². The highest BCUT2D eigenvalue weighted by atomic mass is 16.5. The smallest absolute Gasteiger partial charge is 0.316 e. The molecule has 2 aliphatic heterocycles. The number of hydrogen-bond donors (Lipinski definition) is 0. The Bertz CT molecular complexity index is 1330. The first-order valence-corrected chi connectivity index (χ1v) is 13.1. The number of esters is 1. The first kappa shape index (κ1) is 22.5. The third kappa shape index (κ3) is 3.47. The van der Waals surface area contributed by atoms with Crippen molar-refractivity contribution >= 4 is 29.4 Å². The summed E-state index contributed by atoms with van der Waals surface area (Å²) in [6.07, 6.45) is 5.59. The van der Waals surface area contributed by atoms with Crippen molar-refractivity contribution in [3.63, 3.8) is 0 Å². The molecule has 2 saturated carbocycles. The van der Waals surface area contributed by atoms with E-state index in [1.165, 1.54) is 4.90 Å². The summed E-state index contributed by atoms with van der Waals surface area (Å²) in [4.78, 5) is 55.3. The maximum atomic E-state index is 13.4. The minimum absolute atomic E-state index is 0.0639. The van der Waals surface area contributed by atoms with E-state index in [1.54, 1.807) is 23.1 Å². The number of imide groups is 1. The quantitative estimate of drug-likeness (QED) is 0.274. The number of likely N-dealkylation sites (tertiary alicyclic amines) is 1. The van der Waals surface area contributed by atoms with Gasteiger partial charge in [0.15, 0.2) is 0 Å². The minimum Gasteiger partial charge on any atom is -0.426 e. The van der Waals surface area contributed by atoms with E-state index in [2.05, 4.69) is 12.2 Å². The highest BCUT2D eigenvalue weighted by molar-refractivity contribution is 6.23. The second-order valence-corrected chi connectivity index (χ2v) is 11.2. The Balaban J connectivity index is 1.04. The average Bonchev–Trinajstić information content (AvgIpc) is 3.59. The number of rotatable bonds is 5. The number of benzene rings is 2. The van der Waals surface area contributed by atoms with Crippen LogP contribution in [0.1, 0.15) is 24.0 Å². The molecule has 7 atom stereocenters. The molecule has 0 radical (unpaired) electrons. The summed E-state index contributed by atoms with van der Waals surface area (Å²) in [7, 11) is 0. The lowest BCUT2D eigenvalue weighted by Gasteiger charge is -2.37. The lowest BCUT2D eigenvalue weighted by atomic mass is 9.63. The van der Waals surface area contributed by atoms with Crippen LogP contribution in [0.15, 0.2) is 60.7 Å². The maximum Gasteiger partial charge on any atom is 0.316 e.